The van der Waals surface area contributed by atoms with E-state index in [0.29, 0.717) is 6.61 Å². The summed E-state index contributed by atoms with van der Waals surface area (Å²) in [6, 6.07) is 9.95. The van der Waals surface area contributed by atoms with Crippen LogP contribution in [-0.4, -0.2) is 37.8 Å². The monoisotopic (exact) mass is 389 g/mol. The number of rotatable bonds is 6. The second-order valence-electron chi connectivity index (χ2n) is 6.34. The van der Waals surface area contributed by atoms with Crippen LogP contribution in [0.1, 0.15) is 30.6 Å². The highest BCUT2D eigenvalue weighted by Gasteiger charge is 2.30. The average molecular weight is 389 g/mol. The number of ether oxygens (including phenoxy) is 1. The van der Waals surface area contributed by atoms with E-state index >= 15 is 0 Å². The summed E-state index contributed by atoms with van der Waals surface area (Å²) in [5.74, 6) is 0.0441. The highest BCUT2D eigenvalue weighted by atomic mass is 32.2. The summed E-state index contributed by atoms with van der Waals surface area (Å²) in [5.41, 5.74) is 1.71. The van der Waals surface area contributed by atoms with Crippen molar-refractivity contribution in [1.29, 1.82) is 0 Å². The smallest absolute Gasteiger partial charge is 0.315 e. The Morgan fingerprint density at radius 1 is 1.26 bits per heavy atom. The minimum atomic E-state index is -3.27. The van der Waals surface area contributed by atoms with Gasteiger partial charge in [0.05, 0.1) is 16.7 Å². The molecule has 27 heavy (non-hydrogen) atoms. The molecule has 0 radical (unpaired) electrons. The Kier molecular flexibility index (Phi) is 6.08. The molecule has 0 spiro atoms. The predicted molar refractivity (Wildman–Crippen MR) is 101 cm³/mol. The van der Waals surface area contributed by atoms with Crippen LogP contribution in [0.5, 0.6) is 0 Å². The zero-order valence-electron chi connectivity index (χ0n) is 15.1. The maximum Gasteiger partial charge on any atom is 0.315 e. The molecule has 2 heterocycles. The van der Waals surface area contributed by atoms with Crippen LogP contribution in [0.4, 0.5) is 4.79 Å². The van der Waals surface area contributed by atoms with Crippen molar-refractivity contribution in [2.24, 2.45) is 0 Å². The number of nitrogens with zero attached hydrogens (tertiary/aromatic N) is 1. The van der Waals surface area contributed by atoms with Gasteiger partial charge in [0.1, 0.15) is 6.10 Å². The van der Waals surface area contributed by atoms with Gasteiger partial charge in [0.2, 0.25) is 0 Å². The molecular weight excluding hydrogens is 366 g/mol. The van der Waals surface area contributed by atoms with Crippen LogP contribution in [0.15, 0.2) is 53.7 Å². The van der Waals surface area contributed by atoms with Gasteiger partial charge in [-0.25, -0.2) is 13.2 Å². The summed E-state index contributed by atoms with van der Waals surface area (Å²) in [6.45, 7) is 2.43. The Morgan fingerprint density at radius 3 is 2.78 bits per heavy atom. The Bertz CT molecular complexity index is 887. The van der Waals surface area contributed by atoms with Crippen LogP contribution in [0.3, 0.4) is 0 Å². The van der Waals surface area contributed by atoms with Gasteiger partial charge in [-0.05, 0) is 41.8 Å². The van der Waals surface area contributed by atoms with Gasteiger partial charge in [0.15, 0.2) is 9.84 Å². The van der Waals surface area contributed by atoms with Gasteiger partial charge < -0.3 is 15.4 Å². The van der Waals surface area contributed by atoms with E-state index < -0.39 is 9.84 Å². The van der Waals surface area contributed by atoms with E-state index in [1.807, 2.05) is 12.1 Å². The first-order valence-electron chi connectivity index (χ1n) is 8.87. The number of amides is 2. The third-order valence-corrected chi connectivity index (χ3v) is 6.27. The Balaban J connectivity index is 1.58. The third-order valence-electron chi connectivity index (χ3n) is 4.53. The molecule has 0 aliphatic carbocycles. The quantitative estimate of drug-likeness (QED) is 0.789. The number of hydrogen-bond acceptors (Lipinski definition) is 5. The fourth-order valence-corrected chi connectivity index (χ4v) is 3.99. The minimum absolute atomic E-state index is 0.0441. The van der Waals surface area contributed by atoms with E-state index in [-0.39, 0.29) is 35.4 Å². The van der Waals surface area contributed by atoms with Gasteiger partial charge in [-0.15, -0.1) is 0 Å². The molecule has 2 aromatic rings. The molecule has 8 heteroatoms. The number of hydrogen-bond donors (Lipinski definition) is 2. The number of carbonyl (C=O) groups is 1. The molecule has 1 saturated heterocycles. The van der Waals surface area contributed by atoms with Crippen molar-refractivity contribution in [2.45, 2.75) is 36.9 Å². The highest BCUT2D eigenvalue weighted by molar-refractivity contribution is 7.91. The average Bonchev–Trinajstić information content (AvgIpc) is 3.15. The molecule has 1 fully saturated rings. The van der Waals surface area contributed by atoms with E-state index in [1.54, 1.807) is 43.6 Å². The molecule has 0 unspecified atom stereocenters. The topological polar surface area (TPSA) is 97.4 Å². The molecule has 3 rings (SSSR count). The summed E-state index contributed by atoms with van der Waals surface area (Å²) in [6.07, 6.45) is 3.93. The van der Waals surface area contributed by atoms with E-state index in [4.69, 9.17) is 4.74 Å². The fourth-order valence-electron chi connectivity index (χ4n) is 3.04. The van der Waals surface area contributed by atoms with Crippen molar-refractivity contribution in [3.05, 3.63) is 59.9 Å². The van der Waals surface area contributed by atoms with E-state index in [1.165, 1.54) is 0 Å². The lowest BCUT2D eigenvalue weighted by Crippen LogP contribution is -2.43. The number of nitrogens with one attached hydrogen (secondary N) is 2. The van der Waals surface area contributed by atoms with Crippen molar-refractivity contribution in [3.63, 3.8) is 0 Å². The van der Waals surface area contributed by atoms with Crippen LogP contribution < -0.4 is 10.6 Å². The number of benzene rings is 1. The van der Waals surface area contributed by atoms with E-state index in [0.717, 1.165) is 17.5 Å². The Hall–Kier alpha value is -2.45. The first kappa shape index (κ1) is 19.3. The van der Waals surface area contributed by atoms with Crippen molar-refractivity contribution in [1.82, 2.24) is 15.6 Å². The largest absolute Gasteiger partial charge is 0.371 e. The maximum absolute atomic E-state index is 12.3. The van der Waals surface area contributed by atoms with Gasteiger partial charge in [-0.3, -0.25) is 4.98 Å². The van der Waals surface area contributed by atoms with Gasteiger partial charge in [0.25, 0.3) is 0 Å². The Labute approximate surface area is 159 Å². The summed E-state index contributed by atoms with van der Waals surface area (Å²) < 4.78 is 29.7. The standard InChI is InChI=1S/C19H23N3O4S/c1-2-27(24,25)16-5-3-4-14(12-16)13-21-19(23)22-17-8-11-26-18(17)15-6-9-20-10-7-15/h3-7,9-10,12,17-18H,2,8,11,13H2,1H3,(H2,21,22,23)/t17-,18+/m1/s1. The van der Waals surface area contributed by atoms with Crippen LogP contribution in [-0.2, 0) is 21.1 Å². The Morgan fingerprint density at radius 2 is 2.04 bits per heavy atom. The lowest BCUT2D eigenvalue weighted by atomic mass is 10.0. The number of aromatic nitrogens is 1. The third kappa shape index (κ3) is 4.84. The van der Waals surface area contributed by atoms with Gasteiger partial charge >= 0.3 is 6.03 Å². The first-order chi connectivity index (χ1) is 13.0. The van der Waals surface area contributed by atoms with Crippen LogP contribution in [0.2, 0.25) is 0 Å². The zero-order chi connectivity index (χ0) is 19.3. The SMILES string of the molecule is CCS(=O)(=O)c1cccc(CNC(=O)N[C@@H]2CCO[C@H]2c2ccncc2)c1. The molecule has 1 aliphatic heterocycles. The second kappa shape index (κ2) is 8.49. The van der Waals surface area contributed by atoms with Crippen LogP contribution in [0, 0.1) is 0 Å². The predicted octanol–water partition coefficient (Wildman–Crippen LogP) is 2.20. The van der Waals surface area contributed by atoms with Crippen molar-refractivity contribution >= 4 is 15.9 Å². The molecule has 0 saturated carbocycles. The summed E-state index contributed by atoms with van der Waals surface area (Å²) in [5, 5.41) is 5.72. The number of pyridine rings is 1. The number of sulfone groups is 1. The molecule has 2 N–H and O–H groups in total. The lowest BCUT2D eigenvalue weighted by molar-refractivity contribution is 0.0998. The molecular formula is C19H23N3O4S. The highest BCUT2D eigenvalue weighted by Crippen LogP contribution is 2.28. The van der Waals surface area contributed by atoms with Crippen molar-refractivity contribution in [3.8, 4) is 0 Å². The summed E-state index contributed by atoms with van der Waals surface area (Å²) in [7, 11) is -3.27. The lowest BCUT2D eigenvalue weighted by Gasteiger charge is -2.20. The normalized spacial score (nSPS) is 19.6. The van der Waals surface area contributed by atoms with Crippen LogP contribution >= 0.6 is 0 Å². The molecule has 1 aromatic carbocycles. The molecule has 2 atom stereocenters. The van der Waals surface area contributed by atoms with Crippen molar-refractivity contribution in [2.75, 3.05) is 12.4 Å². The number of urea groups is 1. The van der Waals surface area contributed by atoms with Crippen LogP contribution in [0.25, 0.3) is 0 Å². The van der Waals surface area contributed by atoms with Gasteiger partial charge in [-0.1, -0.05) is 19.1 Å². The summed E-state index contributed by atoms with van der Waals surface area (Å²) >= 11 is 0. The fraction of sp³-hybridized carbons (Fsp3) is 0.368. The molecule has 0 bridgehead atoms. The zero-order valence-corrected chi connectivity index (χ0v) is 15.9. The van der Waals surface area contributed by atoms with E-state index in [2.05, 4.69) is 15.6 Å². The van der Waals surface area contributed by atoms with E-state index in [9.17, 15) is 13.2 Å². The molecule has 1 aromatic heterocycles. The minimum Gasteiger partial charge on any atom is -0.371 e. The molecule has 1 aliphatic rings. The van der Waals surface area contributed by atoms with Crippen molar-refractivity contribution < 1.29 is 17.9 Å². The number of carbonyl (C=O) groups excluding carboxylic acids is 1. The summed E-state index contributed by atoms with van der Waals surface area (Å²) in [4.78, 5) is 16.5. The first-order valence-corrected chi connectivity index (χ1v) is 10.5. The van der Waals surface area contributed by atoms with Gasteiger partial charge in [-0.2, -0.15) is 0 Å². The molecule has 144 valence electrons. The molecule has 7 nitrogen and oxygen atoms in total. The van der Waals surface area contributed by atoms with Gasteiger partial charge in [0, 0.05) is 25.5 Å². The molecule has 2 amide bonds. The second-order valence-corrected chi connectivity index (χ2v) is 8.62. The maximum atomic E-state index is 12.3.